The molecule has 2 amide bonds. The molecule has 126 valence electrons. The molecule has 2 rings (SSSR count). The summed E-state index contributed by atoms with van der Waals surface area (Å²) in [4.78, 5) is 27.1. The number of nitrogens with zero attached hydrogens (tertiary/aromatic N) is 2. The minimum Gasteiger partial charge on any atom is -0.494 e. The molecule has 6 nitrogen and oxygen atoms in total. The predicted molar refractivity (Wildman–Crippen MR) is 81.8 cm³/mol. The maximum absolute atomic E-state index is 13.6. The van der Waals surface area contributed by atoms with Crippen LogP contribution in [0.5, 0.6) is 5.75 Å². The summed E-state index contributed by atoms with van der Waals surface area (Å²) in [5.41, 5.74) is 0.598. The van der Waals surface area contributed by atoms with Crippen LogP contribution in [0, 0.1) is 5.82 Å². The van der Waals surface area contributed by atoms with Crippen LogP contribution in [0.4, 0.5) is 9.18 Å². The fourth-order valence-corrected chi connectivity index (χ4v) is 2.46. The molecule has 0 bridgehead atoms. The topological polar surface area (TPSA) is 59.1 Å². The predicted octanol–water partition coefficient (Wildman–Crippen LogP) is 1.68. The Morgan fingerprint density at radius 1 is 1.17 bits per heavy atom. The van der Waals surface area contributed by atoms with E-state index in [1.165, 1.54) is 19.2 Å². The lowest BCUT2D eigenvalue weighted by molar-refractivity contribution is -0.132. The number of carbonyl (C=O) groups is 2. The highest BCUT2D eigenvalue weighted by Crippen LogP contribution is 2.18. The van der Waals surface area contributed by atoms with Gasteiger partial charge in [-0.15, -0.1) is 0 Å². The van der Waals surface area contributed by atoms with Crippen molar-refractivity contribution < 1.29 is 23.5 Å². The average molecular weight is 324 g/mol. The van der Waals surface area contributed by atoms with Crippen LogP contribution in [0.1, 0.15) is 12.5 Å². The Balaban J connectivity index is 1.88. The zero-order valence-corrected chi connectivity index (χ0v) is 13.4. The van der Waals surface area contributed by atoms with E-state index >= 15 is 0 Å². The van der Waals surface area contributed by atoms with Crippen LogP contribution in [0.3, 0.4) is 0 Å². The van der Waals surface area contributed by atoms with Crippen LogP contribution in [0.15, 0.2) is 18.2 Å². The molecule has 0 spiro atoms. The highest BCUT2D eigenvalue weighted by Gasteiger charge is 2.24. The van der Waals surface area contributed by atoms with E-state index in [2.05, 4.69) is 0 Å². The quantitative estimate of drug-likeness (QED) is 0.845. The van der Waals surface area contributed by atoms with Crippen molar-refractivity contribution >= 4 is 12.0 Å². The lowest BCUT2D eigenvalue weighted by atomic mass is 10.1. The van der Waals surface area contributed by atoms with Gasteiger partial charge in [-0.2, -0.15) is 0 Å². The number of hydrogen-bond acceptors (Lipinski definition) is 4. The second kappa shape index (κ2) is 7.80. The summed E-state index contributed by atoms with van der Waals surface area (Å²) in [6, 6.07) is 4.50. The van der Waals surface area contributed by atoms with E-state index in [0.717, 1.165) is 0 Å². The van der Waals surface area contributed by atoms with Gasteiger partial charge in [0.1, 0.15) is 0 Å². The van der Waals surface area contributed by atoms with Gasteiger partial charge in [-0.25, -0.2) is 9.18 Å². The summed E-state index contributed by atoms with van der Waals surface area (Å²) in [6.07, 6.45) is -0.225. The molecule has 7 heteroatoms. The van der Waals surface area contributed by atoms with Gasteiger partial charge in [0, 0.05) is 26.2 Å². The van der Waals surface area contributed by atoms with Gasteiger partial charge < -0.3 is 19.3 Å². The molecule has 0 radical (unpaired) electrons. The Morgan fingerprint density at radius 2 is 1.83 bits per heavy atom. The number of piperazine rings is 1. The van der Waals surface area contributed by atoms with Crippen molar-refractivity contribution in [2.45, 2.75) is 13.3 Å². The van der Waals surface area contributed by atoms with Gasteiger partial charge in [0.25, 0.3) is 0 Å². The molecule has 1 aromatic carbocycles. The zero-order chi connectivity index (χ0) is 16.8. The molecule has 1 heterocycles. The number of methoxy groups -OCH3 is 1. The second-order valence-electron chi connectivity index (χ2n) is 5.21. The van der Waals surface area contributed by atoms with Crippen molar-refractivity contribution in [2.24, 2.45) is 0 Å². The van der Waals surface area contributed by atoms with Gasteiger partial charge in [-0.05, 0) is 24.6 Å². The van der Waals surface area contributed by atoms with Crippen molar-refractivity contribution in [3.8, 4) is 5.75 Å². The van der Waals surface area contributed by atoms with Gasteiger partial charge in [0.2, 0.25) is 5.91 Å². The molecule has 0 unspecified atom stereocenters. The summed E-state index contributed by atoms with van der Waals surface area (Å²) in [5.74, 6) is -0.410. The Kier molecular flexibility index (Phi) is 5.78. The van der Waals surface area contributed by atoms with Crippen LogP contribution in [0.2, 0.25) is 0 Å². The van der Waals surface area contributed by atoms with Crippen LogP contribution in [0.25, 0.3) is 0 Å². The minimum atomic E-state index is -0.482. The van der Waals surface area contributed by atoms with E-state index in [0.29, 0.717) is 38.3 Å². The fraction of sp³-hybridized carbons (Fsp3) is 0.500. The Morgan fingerprint density at radius 3 is 2.39 bits per heavy atom. The van der Waals surface area contributed by atoms with Gasteiger partial charge in [-0.1, -0.05) is 6.07 Å². The van der Waals surface area contributed by atoms with Gasteiger partial charge in [-0.3, -0.25) is 4.79 Å². The molecule has 1 saturated heterocycles. The molecule has 0 aliphatic carbocycles. The van der Waals surface area contributed by atoms with E-state index in [9.17, 15) is 14.0 Å². The highest BCUT2D eigenvalue weighted by atomic mass is 19.1. The number of benzene rings is 1. The number of amides is 2. The van der Waals surface area contributed by atoms with Crippen molar-refractivity contribution in [3.05, 3.63) is 29.6 Å². The second-order valence-corrected chi connectivity index (χ2v) is 5.21. The first-order chi connectivity index (χ1) is 11.0. The number of carbonyl (C=O) groups excluding carboxylic acids is 2. The molecule has 0 aromatic heterocycles. The van der Waals surface area contributed by atoms with Crippen molar-refractivity contribution in [1.29, 1.82) is 0 Å². The van der Waals surface area contributed by atoms with E-state index in [1.807, 2.05) is 0 Å². The lowest BCUT2D eigenvalue weighted by Gasteiger charge is -2.34. The van der Waals surface area contributed by atoms with Crippen molar-refractivity contribution in [1.82, 2.24) is 9.80 Å². The van der Waals surface area contributed by atoms with Gasteiger partial charge in [0.05, 0.1) is 20.1 Å². The lowest BCUT2D eigenvalue weighted by Crippen LogP contribution is -2.51. The molecule has 23 heavy (non-hydrogen) atoms. The Bertz CT molecular complexity index is 571. The third-order valence-corrected chi connectivity index (χ3v) is 3.73. The van der Waals surface area contributed by atoms with E-state index < -0.39 is 5.82 Å². The molecule has 1 aliphatic rings. The average Bonchev–Trinajstić information content (AvgIpc) is 2.55. The summed E-state index contributed by atoms with van der Waals surface area (Å²) in [5, 5.41) is 0. The van der Waals surface area contributed by atoms with E-state index in [4.69, 9.17) is 9.47 Å². The molecule has 1 fully saturated rings. The minimum absolute atomic E-state index is 0.0851. The third-order valence-electron chi connectivity index (χ3n) is 3.73. The highest BCUT2D eigenvalue weighted by molar-refractivity contribution is 5.79. The van der Waals surface area contributed by atoms with Crippen molar-refractivity contribution in [3.63, 3.8) is 0 Å². The van der Waals surface area contributed by atoms with Gasteiger partial charge in [0.15, 0.2) is 11.6 Å². The molecular weight excluding hydrogens is 303 g/mol. The van der Waals surface area contributed by atoms with Crippen molar-refractivity contribution in [2.75, 3.05) is 39.9 Å². The molecule has 0 saturated carbocycles. The summed E-state index contributed by atoms with van der Waals surface area (Å²) < 4.78 is 23.4. The first-order valence-corrected chi connectivity index (χ1v) is 7.57. The number of rotatable bonds is 4. The standard InChI is InChI=1S/C16H21FN2O4/c1-3-23-16(21)19-8-6-18(7-9-19)15(20)11-12-4-5-14(22-2)13(17)10-12/h4-5,10H,3,6-9,11H2,1-2H3. The van der Waals surface area contributed by atoms with Crippen LogP contribution >= 0.6 is 0 Å². The SMILES string of the molecule is CCOC(=O)N1CCN(C(=O)Cc2ccc(OC)c(F)c2)CC1. The molecule has 0 atom stereocenters. The van der Waals surface area contributed by atoms with E-state index in [-0.39, 0.29) is 24.2 Å². The maximum atomic E-state index is 13.6. The molecule has 1 aliphatic heterocycles. The first-order valence-electron chi connectivity index (χ1n) is 7.57. The Labute approximate surface area is 134 Å². The van der Waals surface area contributed by atoms with Crippen LogP contribution in [-0.4, -0.2) is 61.7 Å². The fourth-order valence-electron chi connectivity index (χ4n) is 2.46. The monoisotopic (exact) mass is 324 g/mol. The van der Waals surface area contributed by atoms with E-state index in [1.54, 1.807) is 22.8 Å². The van der Waals surface area contributed by atoms with Crippen LogP contribution < -0.4 is 4.74 Å². The third kappa shape index (κ3) is 4.34. The summed E-state index contributed by atoms with van der Waals surface area (Å²) in [7, 11) is 1.40. The normalized spacial score (nSPS) is 14.6. The summed E-state index contributed by atoms with van der Waals surface area (Å²) in [6.45, 7) is 3.89. The number of halogens is 1. The maximum Gasteiger partial charge on any atom is 0.409 e. The largest absolute Gasteiger partial charge is 0.494 e. The van der Waals surface area contributed by atoms with Gasteiger partial charge >= 0.3 is 6.09 Å². The zero-order valence-electron chi connectivity index (χ0n) is 13.4. The number of ether oxygens (including phenoxy) is 2. The Hall–Kier alpha value is -2.31. The number of hydrogen-bond donors (Lipinski definition) is 0. The molecule has 1 aromatic rings. The first kappa shape index (κ1) is 17.1. The summed E-state index contributed by atoms with van der Waals surface area (Å²) >= 11 is 0. The van der Waals surface area contributed by atoms with Crippen LogP contribution in [-0.2, 0) is 16.0 Å². The molecular formula is C16H21FN2O4. The molecule has 0 N–H and O–H groups in total. The smallest absolute Gasteiger partial charge is 0.409 e.